The van der Waals surface area contributed by atoms with Gasteiger partial charge in [0.2, 0.25) is 0 Å². The van der Waals surface area contributed by atoms with Crippen molar-refractivity contribution in [2.75, 3.05) is 58.5 Å². The summed E-state index contributed by atoms with van der Waals surface area (Å²) in [4.78, 5) is 13.6. The predicted molar refractivity (Wildman–Crippen MR) is 113 cm³/mol. The van der Waals surface area contributed by atoms with Crippen LogP contribution in [-0.4, -0.2) is 75.5 Å². The van der Waals surface area contributed by atoms with Crippen molar-refractivity contribution < 1.29 is 9.47 Å². The molecule has 0 radical (unpaired) electrons. The molecule has 1 aromatic rings. The van der Waals surface area contributed by atoms with E-state index in [0.717, 1.165) is 69.3 Å². The van der Waals surface area contributed by atoms with Crippen LogP contribution in [0.1, 0.15) is 31.7 Å². The van der Waals surface area contributed by atoms with E-state index in [4.69, 9.17) is 9.47 Å². The lowest BCUT2D eigenvalue weighted by molar-refractivity contribution is 0.0529. The van der Waals surface area contributed by atoms with Gasteiger partial charge in [-0.25, -0.2) is 4.98 Å². The zero-order chi connectivity index (χ0) is 19.8. The van der Waals surface area contributed by atoms with Crippen molar-refractivity contribution in [3.63, 3.8) is 0 Å². The zero-order valence-corrected chi connectivity index (χ0v) is 17.6. The molecule has 7 nitrogen and oxygen atoms in total. The Bertz CT molecular complexity index is 616. The normalized spacial score (nSPS) is 21.6. The van der Waals surface area contributed by atoms with Gasteiger partial charge in [0.05, 0.1) is 12.7 Å². The summed E-state index contributed by atoms with van der Waals surface area (Å²) in [7, 11) is 3.95. The van der Waals surface area contributed by atoms with E-state index in [1.165, 1.54) is 19.3 Å². The number of aliphatic imine (C=N–C) groups is 1. The highest BCUT2D eigenvalue weighted by Crippen LogP contribution is 2.18. The molecular formula is C21H35N5O2. The lowest BCUT2D eigenvalue weighted by Gasteiger charge is -2.32. The zero-order valence-electron chi connectivity index (χ0n) is 17.6. The van der Waals surface area contributed by atoms with E-state index < -0.39 is 0 Å². The number of morpholine rings is 1. The van der Waals surface area contributed by atoms with Crippen LogP contribution >= 0.6 is 0 Å². The number of aromatic nitrogens is 1. The largest absolute Gasteiger partial charge is 0.381 e. The second-order valence-corrected chi connectivity index (χ2v) is 7.82. The number of nitrogens with one attached hydrogen (secondary N) is 1. The van der Waals surface area contributed by atoms with E-state index in [-0.39, 0.29) is 6.10 Å². The van der Waals surface area contributed by atoms with E-state index >= 15 is 0 Å². The first-order chi connectivity index (χ1) is 13.7. The van der Waals surface area contributed by atoms with Crippen LogP contribution < -0.4 is 10.2 Å². The molecular weight excluding hydrogens is 354 g/mol. The minimum absolute atomic E-state index is 0.261. The molecule has 1 atom stereocenters. The highest BCUT2D eigenvalue weighted by molar-refractivity contribution is 5.79. The summed E-state index contributed by atoms with van der Waals surface area (Å²) >= 11 is 0. The maximum Gasteiger partial charge on any atom is 0.193 e. The van der Waals surface area contributed by atoms with Gasteiger partial charge in [0.1, 0.15) is 5.82 Å². The summed E-state index contributed by atoms with van der Waals surface area (Å²) in [6, 6.07) is 4.25. The van der Waals surface area contributed by atoms with E-state index in [1.54, 1.807) is 0 Å². The average Bonchev–Trinajstić information content (AvgIpc) is 2.74. The van der Waals surface area contributed by atoms with Gasteiger partial charge in [0, 0.05) is 59.7 Å². The van der Waals surface area contributed by atoms with Gasteiger partial charge < -0.3 is 24.6 Å². The van der Waals surface area contributed by atoms with Gasteiger partial charge in [0.25, 0.3) is 0 Å². The molecule has 1 aromatic heterocycles. The monoisotopic (exact) mass is 389 g/mol. The number of hydrogen-bond acceptors (Lipinski definition) is 5. The van der Waals surface area contributed by atoms with E-state index in [2.05, 4.69) is 51.2 Å². The number of ether oxygens (including phenoxy) is 2. The Morgan fingerprint density at radius 2 is 2.14 bits per heavy atom. The van der Waals surface area contributed by atoms with Crippen LogP contribution in [0.3, 0.4) is 0 Å². The molecule has 0 bridgehead atoms. The lowest BCUT2D eigenvalue weighted by atomic mass is 9.96. The molecule has 2 fully saturated rings. The second-order valence-electron chi connectivity index (χ2n) is 7.82. The first-order valence-corrected chi connectivity index (χ1v) is 10.5. The first kappa shape index (κ1) is 20.9. The summed E-state index contributed by atoms with van der Waals surface area (Å²) in [5.41, 5.74) is 1.16. The van der Waals surface area contributed by atoms with Crippen molar-refractivity contribution in [3.8, 4) is 0 Å². The van der Waals surface area contributed by atoms with Crippen molar-refractivity contribution in [3.05, 3.63) is 23.9 Å². The van der Waals surface area contributed by atoms with Gasteiger partial charge in [-0.15, -0.1) is 0 Å². The molecule has 7 heteroatoms. The van der Waals surface area contributed by atoms with Crippen LogP contribution in [0, 0.1) is 5.92 Å². The van der Waals surface area contributed by atoms with Crippen molar-refractivity contribution in [1.29, 1.82) is 0 Å². The Labute approximate surface area is 169 Å². The molecule has 0 aliphatic carbocycles. The van der Waals surface area contributed by atoms with Crippen molar-refractivity contribution >= 4 is 11.8 Å². The van der Waals surface area contributed by atoms with Crippen LogP contribution in [0.15, 0.2) is 23.3 Å². The summed E-state index contributed by atoms with van der Waals surface area (Å²) < 4.78 is 11.1. The SMILES string of the molecule is CN=C(NCc1ccc(N2CCOC(C)C2)nc1)N(C)CCC1CCOCC1. The molecule has 28 heavy (non-hydrogen) atoms. The average molecular weight is 390 g/mol. The summed E-state index contributed by atoms with van der Waals surface area (Å²) in [5.74, 6) is 2.73. The third kappa shape index (κ3) is 6.07. The number of hydrogen-bond donors (Lipinski definition) is 1. The molecule has 0 saturated carbocycles. The summed E-state index contributed by atoms with van der Waals surface area (Å²) in [5, 5.41) is 3.46. The highest BCUT2D eigenvalue weighted by Gasteiger charge is 2.18. The molecule has 3 heterocycles. The van der Waals surface area contributed by atoms with Gasteiger partial charge in [-0.1, -0.05) is 6.07 Å². The second kappa shape index (κ2) is 10.6. The number of guanidine groups is 1. The number of pyridine rings is 1. The third-order valence-corrected chi connectivity index (χ3v) is 5.61. The number of rotatable bonds is 6. The molecule has 156 valence electrons. The molecule has 3 rings (SSSR count). The molecule has 1 unspecified atom stereocenters. The molecule has 0 aromatic carbocycles. The smallest absolute Gasteiger partial charge is 0.193 e. The fraction of sp³-hybridized carbons (Fsp3) is 0.714. The maximum atomic E-state index is 5.61. The standard InChI is InChI=1S/C21H35N5O2/c1-17-16-26(10-13-28-17)20-5-4-19(14-23-20)15-24-21(22-2)25(3)9-6-18-7-11-27-12-8-18/h4-5,14,17-18H,6-13,15-16H2,1-3H3,(H,22,24). The van der Waals surface area contributed by atoms with Gasteiger partial charge in [-0.2, -0.15) is 0 Å². The Hall–Kier alpha value is -1.86. The fourth-order valence-electron chi connectivity index (χ4n) is 3.82. The number of anilines is 1. The van der Waals surface area contributed by atoms with Crippen LogP contribution in [0.2, 0.25) is 0 Å². The van der Waals surface area contributed by atoms with Crippen molar-refractivity contribution in [2.24, 2.45) is 10.9 Å². The minimum Gasteiger partial charge on any atom is -0.381 e. The van der Waals surface area contributed by atoms with Gasteiger partial charge in [0.15, 0.2) is 5.96 Å². The molecule has 2 saturated heterocycles. The molecule has 2 aliphatic rings. The maximum absolute atomic E-state index is 5.61. The molecule has 0 amide bonds. The van der Waals surface area contributed by atoms with E-state index in [1.807, 2.05) is 13.2 Å². The topological polar surface area (TPSA) is 62.2 Å². The van der Waals surface area contributed by atoms with Crippen LogP contribution in [0.25, 0.3) is 0 Å². The highest BCUT2D eigenvalue weighted by atomic mass is 16.5. The van der Waals surface area contributed by atoms with Gasteiger partial charge >= 0.3 is 0 Å². The van der Waals surface area contributed by atoms with Crippen molar-refractivity contribution in [2.45, 2.75) is 38.8 Å². The molecule has 1 N–H and O–H groups in total. The predicted octanol–water partition coefficient (Wildman–Crippen LogP) is 2.13. The molecule has 0 spiro atoms. The Balaban J connectivity index is 1.45. The summed E-state index contributed by atoms with van der Waals surface area (Å²) in [6.07, 6.45) is 5.77. The van der Waals surface area contributed by atoms with E-state index in [0.29, 0.717) is 0 Å². The Morgan fingerprint density at radius 3 is 2.82 bits per heavy atom. The van der Waals surface area contributed by atoms with Crippen LogP contribution in [-0.2, 0) is 16.0 Å². The minimum atomic E-state index is 0.261. The fourth-order valence-corrected chi connectivity index (χ4v) is 3.82. The first-order valence-electron chi connectivity index (χ1n) is 10.5. The Kier molecular flexibility index (Phi) is 7.91. The lowest BCUT2D eigenvalue weighted by Crippen LogP contribution is -2.41. The van der Waals surface area contributed by atoms with Crippen molar-refractivity contribution in [1.82, 2.24) is 15.2 Å². The number of nitrogens with zero attached hydrogens (tertiary/aromatic N) is 4. The molecule has 2 aliphatic heterocycles. The summed E-state index contributed by atoms with van der Waals surface area (Å²) in [6.45, 7) is 8.23. The quantitative estimate of drug-likeness (QED) is 0.594. The van der Waals surface area contributed by atoms with Gasteiger partial charge in [-0.3, -0.25) is 4.99 Å². The third-order valence-electron chi connectivity index (χ3n) is 5.61. The Morgan fingerprint density at radius 1 is 1.32 bits per heavy atom. The van der Waals surface area contributed by atoms with Crippen LogP contribution in [0.4, 0.5) is 5.82 Å². The van der Waals surface area contributed by atoms with Gasteiger partial charge in [-0.05, 0) is 43.7 Å². The van der Waals surface area contributed by atoms with Crippen LogP contribution in [0.5, 0.6) is 0 Å². The van der Waals surface area contributed by atoms with E-state index in [9.17, 15) is 0 Å².